The summed E-state index contributed by atoms with van der Waals surface area (Å²) >= 11 is 7.66. The van der Waals surface area contributed by atoms with Crippen LogP contribution in [0.15, 0.2) is 71.6 Å². The lowest BCUT2D eigenvalue weighted by molar-refractivity contribution is -0.121. The number of amides is 2. The van der Waals surface area contributed by atoms with Gasteiger partial charge >= 0.3 is 0 Å². The Morgan fingerprint density at radius 2 is 1.86 bits per heavy atom. The number of hydrogen-bond acceptors (Lipinski definition) is 9. The molecule has 1 aliphatic heterocycles. The second kappa shape index (κ2) is 10.5. The predicted molar refractivity (Wildman–Crippen MR) is 144 cm³/mol. The minimum atomic E-state index is -0.737. The molecule has 10 nitrogen and oxygen atoms in total. The Balaban J connectivity index is 1.40. The number of para-hydroxylation sites is 2. The maximum atomic E-state index is 12.8. The van der Waals surface area contributed by atoms with Crippen molar-refractivity contribution in [3.05, 3.63) is 77.3 Å². The number of fused-ring (bicyclic) bond motifs is 1. The van der Waals surface area contributed by atoms with Crippen LogP contribution in [0.5, 0.6) is 5.75 Å². The number of benzene rings is 3. The van der Waals surface area contributed by atoms with Crippen molar-refractivity contribution in [1.82, 2.24) is 20.4 Å². The molecule has 1 aliphatic rings. The maximum Gasteiger partial charge on any atom is 0.272 e. The Morgan fingerprint density at radius 3 is 2.57 bits per heavy atom. The topological polar surface area (TPSA) is 134 Å². The molecule has 0 bridgehead atoms. The van der Waals surface area contributed by atoms with E-state index in [2.05, 4.69) is 15.5 Å². The molecule has 1 aromatic heterocycles. The van der Waals surface area contributed by atoms with Crippen LogP contribution < -0.4 is 25.9 Å². The van der Waals surface area contributed by atoms with Gasteiger partial charge in [0, 0.05) is 16.5 Å². The molecular weight excluding hydrogens is 514 g/mol. The van der Waals surface area contributed by atoms with Crippen LogP contribution in [-0.2, 0) is 4.79 Å². The maximum absolute atomic E-state index is 12.8. The highest BCUT2D eigenvalue weighted by Gasteiger charge is 2.31. The molecule has 2 heterocycles. The SMILES string of the molecule is COc1ccc(Cl)c(Nc2nc3ccccc3nc2NSc2cccc(C(=O)N3CC(N)C(=O)N3)c2)c1. The summed E-state index contributed by atoms with van der Waals surface area (Å²) in [6.45, 7) is 0.113. The number of aromatic nitrogens is 2. The molecule has 0 spiro atoms. The second-order valence-electron chi connectivity index (χ2n) is 8.11. The molecule has 188 valence electrons. The van der Waals surface area contributed by atoms with Crippen LogP contribution in [0.2, 0.25) is 5.02 Å². The third-order valence-electron chi connectivity index (χ3n) is 5.55. The summed E-state index contributed by atoms with van der Waals surface area (Å²) in [7, 11) is 1.58. The van der Waals surface area contributed by atoms with Gasteiger partial charge in [-0.25, -0.2) is 15.0 Å². The molecule has 5 N–H and O–H groups in total. The molecule has 37 heavy (non-hydrogen) atoms. The van der Waals surface area contributed by atoms with E-state index >= 15 is 0 Å². The van der Waals surface area contributed by atoms with Crippen molar-refractivity contribution in [3.8, 4) is 5.75 Å². The summed E-state index contributed by atoms with van der Waals surface area (Å²) in [5.74, 6) is 0.844. The van der Waals surface area contributed by atoms with Gasteiger partial charge in [0.2, 0.25) is 0 Å². The first kappa shape index (κ1) is 24.6. The molecule has 1 saturated heterocycles. The molecule has 4 aromatic rings. The molecule has 3 aromatic carbocycles. The van der Waals surface area contributed by atoms with Gasteiger partial charge < -0.3 is 20.5 Å². The summed E-state index contributed by atoms with van der Waals surface area (Å²) in [5, 5.41) is 4.96. The fourth-order valence-electron chi connectivity index (χ4n) is 3.64. The average Bonchev–Trinajstić information content (AvgIpc) is 3.26. The average molecular weight is 536 g/mol. The first-order valence-corrected chi connectivity index (χ1v) is 12.4. The monoisotopic (exact) mass is 535 g/mol. The molecule has 0 radical (unpaired) electrons. The van der Waals surface area contributed by atoms with Crippen molar-refractivity contribution in [2.24, 2.45) is 5.73 Å². The van der Waals surface area contributed by atoms with E-state index in [1.807, 2.05) is 30.3 Å². The summed E-state index contributed by atoms with van der Waals surface area (Å²) < 4.78 is 8.55. The van der Waals surface area contributed by atoms with Gasteiger partial charge in [0.15, 0.2) is 11.6 Å². The van der Waals surface area contributed by atoms with Crippen LogP contribution in [0.25, 0.3) is 11.0 Å². The second-order valence-corrected chi connectivity index (χ2v) is 9.40. The highest BCUT2D eigenvalue weighted by Crippen LogP contribution is 2.33. The smallest absolute Gasteiger partial charge is 0.272 e. The zero-order chi connectivity index (χ0) is 25.9. The van der Waals surface area contributed by atoms with Crippen LogP contribution in [0.4, 0.5) is 17.3 Å². The fraction of sp³-hybridized carbons (Fsp3) is 0.120. The number of carbonyl (C=O) groups excluding carboxylic acids is 2. The number of nitrogens with two attached hydrogens (primary N) is 1. The van der Waals surface area contributed by atoms with Gasteiger partial charge in [0.25, 0.3) is 11.8 Å². The van der Waals surface area contributed by atoms with Crippen LogP contribution in [0, 0.1) is 0 Å². The Labute approximate surface area is 221 Å². The molecule has 0 aliphatic carbocycles. The van der Waals surface area contributed by atoms with Gasteiger partial charge in [-0.3, -0.25) is 15.0 Å². The quantitative estimate of drug-likeness (QED) is 0.259. The lowest BCUT2D eigenvalue weighted by Gasteiger charge is -2.16. The van der Waals surface area contributed by atoms with Crippen molar-refractivity contribution < 1.29 is 14.3 Å². The van der Waals surface area contributed by atoms with Crippen molar-refractivity contribution >= 4 is 63.7 Å². The van der Waals surface area contributed by atoms with Crippen LogP contribution >= 0.6 is 23.5 Å². The fourth-order valence-corrected chi connectivity index (χ4v) is 4.50. The zero-order valence-corrected chi connectivity index (χ0v) is 21.1. The lowest BCUT2D eigenvalue weighted by Crippen LogP contribution is -2.38. The van der Waals surface area contributed by atoms with Crippen molar-refractivity contribution in [2.45, 2.75) is 10.9 Å². The van der Waals surface area contributed by atoms with Crippen LogP contribution in [0.3, 0.4) is 0 Å². The van der Waals surface area contributed by atoms with Gasteiger partial charge in [-0.1, -0.05) is 29.8 Å². The molecule has 12 heteroatoms. The van der Waals surface area contributed by atoms with Gasteiger partial charge in [-0.15, -0.1) is 0 Å². The summed E-state index contributed by atoms with van der Waals surface area (Å²) in [6, 6.07) is 19.1. The standard InChI is InChI=1S/C25H22ClN7O3S/c1-36-15-9-10-17(26)21(12-15)30-22-23(29-20-8-3-2-7-19(20)28-22)32-37-16-6-4-5-14(11-16)25(35)33-13-18(27)24(34)31-33/h2-12,18H,13,27H2,1H3,(H,28,30)(H,29,32)(H,31,34). The van der Waals surface area contributed by atoms with Crippen molar-refractivity contribution in [3.63, 3.8) is 0 Å². The first-order valence-electron chi connectivity index (χ1n) is 11.2. The third kappa shape index (κ3) is 5.38. The van der Waals surface area contributed by atoms with Gasteiger partial charge in [-0.05, 0) is 54.4 Å². The third-order valence-corrected chi connectivity index (χ3v) is 6.66. The van der Waals surface area contributed by atoms with Gasteiger partial charge in [0.05, 0.1) is 35.4 Å². The number of halogens is 1. The van der Waals surface area contributed by atoms with E-state index in [4.69, 9.17) is 32.0 Å². The van der Waals surface area contributed by atoms with Crippen molar-refractivity contribution in [1.29, 1.82) is 0 Å². The van der Waals surface area contributed by atoms with Crippen molar-refractivity contribution in [2.75, 3.05) is 23.7 Å². The number of carbonyl (C=O) groups is 2. The Kier molecular flexibility index (Phi) is 6.99. The van der Waals surface area contributed by atoms with E-state index in [1.165, 1.54) is 17.0 Å². The number of anilines is 3. The number of hydrazine groups is 1. The van der Waals surface area contributed by atoms with Crippen LogP contribution in [0.1, 0.15) is 10.4 Å². The van der Waals surface area contributed by atoms with E-state index in [9.17, 15) is 9.59 Å². The van der Waals surface area contributed by atoms with E-state index in [0.29, 0.717) is 44.7 Å². The Hall–Kier alpha value is -4.06. The first-order chi connectivity index (χ1) is 17.9. The highest BCUT2D eigenvalue weighted by atomic mass is 35.5. The number of nitrogens with one attached hydrogen (secondary N) is 3. The molecule has 1 unspecified atom stereocenters. The summed E-state index contributed by atoms with van der Waals surface area (Å²) in [5.41, 5.74) is 10.6. The molecule has 1 fully saturated rings. The summed E-state index contributed by atoms with van der Waals surface area (Å²) in [4.78, 5) is 34.7. The van der Waals surface area contributed by atoms with Crippen LogP contribution in [-0.4, -0.2) is 46.5 Å². The lowest BCUT2D eigenvalue weighted by atomic mass is 10.2. The molecule has 5 rings (SSSR count). The predicted octanol–water partition coefficient (Wildman–Crippen LogP) is 3.97. The number of rotatable bonds is 7. The van der Waals surface area contributed by atoms with Gasteiger partial charge in [0.1, 0.15) is 11.8 Å². The number of ether oxygens (including phenoxy) is 1. The Bertz CT molecular complexity index is 1500. The summed E-state index contributed by atoms with van der Waals surface area (Å²) in [6.07, 6.45) is 0. The van der Waals surface area contributed by atoms with E-state index in [0.717, 1.165) is 4.90 Å². The normalized spacial score (nSPS) is 14.9. The molecule has 0 saturated carbocycles. The van der Waals surface area contributed by atoms with E-state index < -0.39 is 6.04 Å². The molecular formula is C25H22ClN7O3S. The zero-order valence-electron chi connectivity index (χ0n) is 19.6. The number of methoxy groups -OCH3 is 1. The minimum absolute atomic E-state index is 0.113. The number of hydrogen-bond donors (Lipinski definition) is 4. The number of nitrogens with zero attached hydrogens (tertiary/aromatic N) is 3. The van der Waals surface area contributed by atoms with E-state index in [-0.39, 0.29) is 18.4 Å². The Morgan fingerprint density at radius 1 is 1.11 bits per heavy atom. The van der Waals surface area contributed by atoms with Gasteiger partial charge in [-0.2, -0.15) is 0 Å². The highest BCUT2D eigenvalue weighted by molar-refractivity contribution is 8.00. The van der Waals surface area contributed by atoms with E-state index in [1.54, 1.807) is 43.5 Å². The molecule has 2 amide bonds. The molecule has 1 atom stereocenters. The largest absolute Gasteiger partial charge is 0.497 e. The minimum Gasteiger partial charge on any atom is -0.497 e.